The Labute approximate surface area is 158 Å². The third kappa shape index (κ3) is 4.84. The van der Waals surface area contributed by atoms with Crippen LogP contribution in [0.25, 0.3) is 6.08 Å². The molecule has 1 heterocycles. The van der Waals surface area contributed by atoms with Crippen molar-refractivity contribution in [2.24, 2.45) is 4.99 Å². The highest BCUT2D eigenvalue weighted by Gasteiger charge is 2.23. The number of hydrogen-bond donors (Lipinski definition) is 1. The fourth-order valence-corrected chi connectivity index (χ4v) is 3.19. The molecule has 2 aromatic carbocycles. The summed E-state index contributed by atoms with van der Waals surface area (Å²) in [4.78, 5) is 17.2. The molecule has 1 N–H and O–H groups in total. The third-order valence-electron chi connectivity index (χ3n) is 3.25. The predicted octanol–water partition coefficient (Wildman–Crippen LogP) is 4.91. The van der Waals surface area contributed by atoms with E-state index in [1.807, 2.05) is 54.6 Å². The molecule has 0 bridgehead atoms. The van der Waals surface area contributed by atoms with Gasteiger partial charge in [0.25, 0.3) is 5.91 Å². The van der Waals surface area contributed by atoms with Gasteiger partial charge in [-0.15, -0.1) is 0 Å². The van der Waals surface area contributed by atoms with Gasteiger partial charge in [0.1, 0.15) is 12.4 Å². The number of nitrogens with one attached hydrogen (secondary N) is 1. The molecule has 2 aromatic rings. The van der Waals surface area contributed by atoms with Gasteiger partial charge in [-0.1, -0.05) is 40.7 Å². The Morgan fingerprint density at radius 2 is 1.88 bits per heavy atom. The van der Waals surface area contributed by atoms with Crippen LogP contribution in [0.1, 0.15) is 5.56 Å². The number of amides is 1. The molecular weight excluding hydrogens is 400 g/mol. The van der Waals surface area contributed by atoms with Crippen LogP contribution < -0.4 is 10.1 Å². The number of amidine groups is 1. The van der Waals surface area contributed by atoms with Gasteiger partial charge in [-0.3, -0.25) is 4.79 Å². The number of hydrogen-bond acceptors (Lipinski definition) is 4. The summed E-state index contributed by atoms with van der Waals surface area (Å²) in [5.74, 6) is 0.621. The second-order valence-electron chi connectivity index (χ2n) is 5.13. The summed E-state index contributed by atoms with van der Waals surface area (Å²) >= 11 is 4.71. The van der Waals surface area contributed by atoms with Gasteiger partial charge in [0, 0.05) is 4.47 Å². The molecule has 126 valence electrons. The van der Waals surface area contributed by atoms with Gasteiger partial charge in [0.15, 0.2) is 5.17 Å². The Bertz CT molecular complexity index is 843. The van der Waals surface area contributed by atoms with E-state index in [0.29, 0.717) is 16.7 Å². The van der Waals surface area contributed by atoms with Crippen LogP contribution in [0.15, 0.2) is 75.6 Å². The maximum absolute atomic E-state index is 12.1. The molecular formula is C19H15BrN2O2S. The normalized spacial score (nSPS) is 16.9. The largest absolute Gasteiger partial charge is 0.490 e. The first-order valence-corrected chi connectivity index (χ1v) is 9.14. The molecule has 1 aliphatic rings. The number of halogens is 1. The van der Waals surface area contributed by atoms with E-state index in [1.165, 1.54) is 11.8 Å². The van der Waals surface area contributed by atoms with Crippen molar-refractivity contribution in [2.45, 2.75) is 0 Å². The molecule has 1 saturated heterocycles. The molecule has 0 aromatic heterocycles. The molecule has 6 heteroatoms. The Balaban J connectivity index is 1.72. The van der Waals surface area contributed by atoms with Crippen LogP contribution in [-0.2, 0) is 4.79 Å². The smallest absolute Gasteiger partial charge is 0.264 e. The minimum atomic E-state index is -0.146. The zero-order chi connectivity index (χ0) is 17.6. The molecule has 4 nitrogen and oxygen atoms in total. The van der Waals surface area contributed by atoms with E-state index in [2.05, 4.69) is 32.8 Å². The Morgan fingerprint density at radius 3 is 2.56 bits per heavy atom. The first-order chi connectivity index (χ1) is 12.1. The lowest BCUT2D eigenvalue weighted by Crippen LogP contribution is -2.19. The lowest BCUT2D eigenvalue weighted by atomic mass is 10.2. The Morgan fingerprint density at radius 1 is 1.16 bits per heavy atom. The second-order valence-corrected chi connectivity index (χ2v) is 7.07. The molecule has 0 radical (unpaired) electrons. The van der Waals surface area contributed by atoms with E-state index in [1.54, 1.807) is 6.08 Å². The second kappa shape index (κ2) is 8.18. The molecule has 0 spiro atoms. The van der Waals surface area contributed by atoms with Gasteiger partial charge < -0.3 is 10.1 Å². The average molecular weight is 415 g/mol. The van der Waals surface area contributed by atoms with Crippen molar-refractivity contribution in [3.8, 4) is 5.75 Å². The van der Waals surface area contributed by atoms with E-state index in [-0.39, 0.29) is 5.91 Å². The SMILES string of the molecule is C=CCOc1ccc(/C=C2/SC(=Nc3ccc(Br)cc3)NC2=O)cc1. The lowest BCUT2D eigenvalue weighted by molar-refractivity contribution is -0.115. The summed E-state index contributed by atoms with van der Waals surface area (Å²) in [6, 6.07) is 15.1. The van der Waals surface area contributed by atoms with E-state index in [0.717, 1.165) is 21.5 Å². The van der Waals surface area contributed by atoms with Crippen LogP contribution in [0.3, 0.4) is 0 Å². The zero-order valence-corrected chi connectivity index (χ0v) is 15.6. The van der Waals surface area contributed by atoms with Crippen LogP contribution in [-0.4, -0.2) is 17.7 Å². The summed E-state index contributed by atoms with van der Waals surface area (Å²) in [5, 5.41) is 3.36. The first-order valence-electron chi connectivity index (χ1n) is 7.53. The van der Waals surface area contributed by atoms with Gasteiger partial charge >= 0.3 is 0 Å². The molecule has 25 heavy (non-hydrogen) atoms. The Hall–Kier alpha value is -2.31. The number of rotatable bonds is 5. The van der Waals surface area contributed by atoms with Gasteiger partial charge in [0.05, 0.1) is 10.6 Å². The molecule has 0 aliphatic carbocycles. The molecule has 1 fully saturated rings. The van der Waals surface area contributed by atoms with E-state index in [4.69, 9.17) is 4.74 Å². The van der Waals surface area contributed by atoms with Gasteiger partial charge in [-0.2, -0.15) is 0 Å². The van der Waals surface area contributed by atoms with Crippen molar-refractivity contribution in [1.82, 2.24) is 5.32 Å². The highest BCUT2D eigenvalue weighted by atomic mass is 79.9. The number of nitrogens with zero attached hydrogens (tertiary/aromatic N) is 1. The minimum Gasteiger partial charge on any atom is -0.490 e. The van der Waals surface area contributed by atoms with Crippen LogP contribution in [0, 0.1) is 0 Å². The number of ether oxygens (including phenoxy) is 1. The molecule has 0 atom stereocenters. The fourth-order valence-electron chi connectivity index (χ4n) is 2.08. The molecule has 1 aliphatic heterocycles. The van der Waals surface area contributed by atoms with Gasteiger partial charge in [-0.25, -0.2) is 4.99 Å². The number of thioether (sulfide) groups is 1. The predicted molar refractivity (Wildman–Crippen MR) is 107 cm³/mol. The summed E-state index contributed by atoms with van der Waals surface area (Å²) in [6.07, 6.45) is 3.53. The summed E-state index contributed by atoms with van der Waals surface area (Å²) < 4.78 is 6.43. The van der Waals surface area contributed by atoms with Crippen LogP contribution in [0.2, 0.25) is 0 Å². The average Bonchev–Trinajstić information content (AvgIpc) is 2.95. The van der Waals surface area contributed by atoms with Crippen LogP contribution in [0.4, 0.5) is 5.69 Å². The highest BCUT2D eigenvalue weighted by molar-refractivity contribution is 9.10. The van der Waals surface area contributed by atoms with Crippen molar-refractivity contribution in [1.29, 1.82) is 0 Å². The fraction of sp³-hybridized carbons (Fsp3) is 0.0526. The maximum Gasteiger partial charge on any atom is 0.264 e. The van der Waals surface area contributed by atoms with Crippen molar-refractivity contribution < 1.29 is 9.53 Å². The van der Waals surface area contributed by atoms with Gasteiger partial charge in [0.2, 0.25) is 0 Å². The van der Waals surface area contributed by atoms with Crippen molar-refractivity contribution in [2.75, 3.05) is 6.61 Å². The van der Waals surface area contributed by atoms with E-state index in [9.17, 15) is 4.79 Å². The Kier molecular flexibility index (Phi) is 5.73. The van der Waals surface area contributed by atoms with Gasteiger partial charge in [-0.05, 0) is 59.8 Å². The standard InChI is InChI=1S/C19H15BrN2O2S/c1-2-11-24-16-9-3-13(4-10-16)12-17-18(23)22-19(25-17)21-15-7-5-14(20)6-8-15/h2-10,12H,1,11H2,(H,21,22,23)/b17-12+. The number of aliphatic imine (C=N–C) groups is 1. The van der Waals surface area contributed by atoms with Crippen LogP contribution >= 0.6 is 27.7 Å². The highest BCUT2D eigenvalue weighted by Crippen LogP contribution is 2.28. The molecule has 3 rings (SSSR count). The number of carbonyl (C=O) groups excluding carboxylic acids is 1. The third-order valence-corrected chi connectivity index (χ3v) is 4.69. The van der Waals surface area contributed by atoms with Crippen molar-refractivity contribution >= 4 is 50.5 Å². The monoisotopic (exact) mass is 414 g/mol. The quantitative estimate of drug-likeness (QED) is 0.558. The summed E-state index contributed by atoms with van der Waals surface area (Å²) in [7, 11) is 0. The molecule has 0 unspecified atom stereocenters. The topological polar surface area (TPSA) is 50.7 Å². The molecule has 1 amide bonds. The van der Waals surface area contributed by atoms with Crippen molar-refractivity contribution in [3.63, 3.8) is 0 Å². The number of carbonyl (C=O) groups is 1. The lowest BCUT2D eigenvalue weighted by Gasteiger charge is -2.03. The number of benzene rings is 2. The van der Waals surface area contributed by atoms with Crippen molar-refractivity contribution in [3.05, 3.63) is 76.1 Å². The summed E-state index contributed by atoms with van der Waals surface area (Å²) in [6.45, 7) is 4.08. The zero-order valence-electron chi connectivity index (χ0n) is 13.2. The first kappa shape index (κ1) is 17.5. The summed E-state index contributed by atoms with van der Waals surface area (Å²) in [5.41, 5.74) is 1.71. The van der Waals surface area contributed by atoms with E-state index >= 15 is 0 Å². The maximum atomic E-state index is 12.1. The minimum absolute atomic E-state index is 0.146. The van der Waals surface area contributed by atoms with E-state index < -0.39 is 0 Å². The van der Waals surface area contributed by atoms with Crippen LogP contribution in [0.5, 0.6) is 5.75 Å². The molecule has 0 saturated carbocycles.